The van der Waals surface area contributed by atoms with Gasteiger partial charge in [-0.2, -0.15) is 0 Å². The second-order valence-corrected chi connectivity index (χ2v) is 3.82. The molecule has 62 valence electrons. The highest BCUT2D eigenvalue weighted by molar-refractivity contribution is 5.81. The molecule has 0 amide bonds. The van der Waals surface area contributed by atoms with E-state index in [-0.39, 0.29) is 0 Å². The summed E-state index contributed by atoms with van der Waals surface area (Å²) < 4.78 is 0. The number of nitrogens with zero attached hydrogens (tertiary/aromatic N) is 1. The van der Waals surface area contributed by atoms with Crippen LogP contribution in [0.5, 0.6) is 0 Å². The molecule has 0 spiro atoms. The maximum atomic E-state index is 7.68. The van der Waals surface area contributed by atoms with Gasteiger partial charge in [-0.15, -0.1) is 0 Å². The number of hydrogen-bond donors (Lipinski definition) is 1. The summed E-state index contributed by atoms with van der Waals surface area (Å²) in [5, 5.41) is 7.68. The molecule has 0 aromatic rings. The molecule has 0 aromatic heterocycles. The maximum absolute atomic E-state index is 7.68. The topological polar surface area (TPSA) is 27.1 Å². The summed E-state index contributed by atoms with van der Waals surface area (Å²) in [6.45, 7) is 3.41. The van der Waals surface area contributed by atoms with Gasteiger partial charge in [-0.3, -0.25) is 5.41 Å². The van der Waals surface area contributed by atoms with E-state index >= 15 is 0 Å². The molecule has 1 N–H and O–H groups in total. The SMILES string of the molecule is CC(C1CC1)N1CCCC1=N. The summed E-state index contributed by atoms with van der Waals surface area (Å²) in [5.41, 5.74) is 0. The van der Waals surface area contributed by atoms with Crippen molar-refractivity contribution in [2.24, 2.45) is 5.92 Å². The normalized spacial score (nSPS) is 27.7. The fourth-order valence-corrected chi connectivity index (χ4v) is 1.98. The third kappa shape index (κ3) is 1.26. The second kappa shape index (κ2) is 2.50. The molecule has 0 aromatic carbocycles. The zero-order chi connectivity index (χ0) is 7.84. The van der Waals surface area contributed by atoms with Crippen molar-refractivity contribution in [3.63, 3.8) is 0 Å². The quantitative estimate of drug-likeness (QED) is 0.642. The lowest BCUT2D eigenvalue weighted by Gasteiger charge is -2.25. The largest absolute Gasteiger partial charge is 0.358 e. The molecule has 2 aliphatic rings. The highest BCUT2D eigenvalue weighted by Gasteiger charge is 2.34. The molecule has 2 fully saturated rings. The summed E-state index contributed by atoms with van der Waals surface area (Å²) in [7, 11) is 0. The molecule has 11 heavy (non-hydrogen) atoms. The van der Waals surface area contributed by atoms with E-state index in [1.54, 1.807) is 0 Å². The van der Waals surface area contributed by atoms with Crippen molar-refractivity contribution in [1.29, 1.82) is 5.41 Å². The molecule has 2 nitrogen and oxygen atoms in total. The van der Waals surface area contributed by atoms with E-state index < -0.39 is 0 Å². The number of amidine groups is 1. The summed E-state index contributed by atoms with van der Waals surface area (Å²) in [6, 6.07) is 0.657. The Labute approximate surface area is 68.1 Å². The summed E-state index contributed by atoms with van der Waals surface area (Å²) in [6.07, 6.45) is 5.00. The fraction of sp³-hybridized carbons (Fsp3) is 0.889. The van der Waals surface area contributed by atoms with Crippen LogP contribution in [0.25, 0.3) is 0 Å². The smallest absolute Gasteiger partial charge is 0.0960 e. The molecule has 0 radical (unpaired) electrons. The van der Waals surface area contributed by atoms with Crippen LogP contribution in [0.3, 0.4) is 0 Å². The first-order valence-corrected chi connectivity index (χ1v) is 4.63. The van der Waals surface area contributed by atoms with Gasteiger partial charge in [0, 0.05) is 19.0 Å². The molecule has 1 saturated carbocycles. The van der Waals surface area contributed by atoms with Crippen LogP contribution in [0.1, 0.15) is 32.6 Å². The molecule has 1 unspecified atom stereocenters. The lowest BCUT2D eigenvalue weighted by Crippen LogP contribution is -2.34. The van der Waals surface area contributed by atoms with Gasteiger partial charge in [-0.25, -0.2) is 0 Å². The van der Waals surface area contributed by atoms with Crippen molar-refractivity contribution in [2.45, 2.75) is 38.6 Å². The Kier molecular flexibility index (Phi) is 1.63. The lowest BCUT2D eigenvalue weighted by molar-refractivity contribution is 0.321. The van der Waals surface area contributed by atoms with E-state index in [0.717, 1.165) is 24.7 Å². The Morgan fingerprint density at radius 1 is 1.55 bits per heavy atom. The summed E-state index contributed by atoms with van der Waals surface area (Å²) >= 11 is 0. The molecule has 1 heterocycles. The average molecular weight is 152 g/mol. The Balaban J connectivity index is 1.96. The van der Waals surface area contributed by atoms with Crippen LogP contribution in [-0.4, -0.2) is 23.3 Å². The second-order valence-electron chi connectivity index (χ2n) is 3.82. The minimum Gasteiger partial charge on any atom is -0.358 e. The van der Waals surface area contributed by atoms with Crippen LogP contribution >= 0.6 is 0 Å². The van der Waals surface area contributed by atoms with Crippen molar-refractivity contribution in [3.8, 4) is 0 Å². The Morgan fingerprint density at radius 3 is 2.73 bits per heavy atom. The maximum Gasteiger partial charge on any atom is 0.0960 e. The van der Waals surface area contributed by atoms with Crippen LogP contribution in [0, 0.1) is 11.3 Å². The third-order valence-corrected chi connectivity index (χ3v) is 2.96. The first-order valence-electron chi connectivity index (χ1n) is 4.63. The van der Waals surface area contributed by atoms with Gasteiger partial charge in [-0.1, -0.05) is 0 Å². The van der Waals surface area contributed by atoms with E-state index in [0.29, 0.717) is 6.04 Å². The van der Waals surface area contributed by atoms with Crippen LogP contribution in [-0.2, 0) is 0 Å². The van der Waals surface area contributed by atoms with Crippen LogP contribution in [0.15, 0.2) is 0 Å². The molecule has 1 saturated heterocycles. The Morgan fingerprint density at radius 2 is 2.27 bits per heavy atom. The van der Waals surface area contributed by atoms with Gasteiger partial charge in [0.1, 0.15) is 0 Å². The van der Waals surface area contributed by atoms with Crippen LogP contribution in [0.4, 0.5) is 0 Å². The monoisotopic (exact) mass is 152 g/mol. The van der Waals surface area contributed by atoms with Crippen LogP contribution in [0.2, 0.25) is 0 Å². The zero-order valence-corrected chi connectivity index (χ0v) is 7.14. The van der Waals surface area contributed by atoms with Gasteiger partial charge < -0.3 is 4.90 Å². The lowest BCUT2D eigenvalue weighted by atomic mass is 10.2. The van der Waals surface area contributed by atoms with Crippen LogP contribution < -0.4 is 0 Å². The van der Waals surface area contributed by atoms with Crippen molar-refractivity contribution >= 4 is 5.84 Å². The molecule has 1 aliphatic heterocycles. The third-order valence-electron chi connectivity index (χ3n) is 2.96. The van der Waals surface area contributed by atoms with E-state index in [1.165, 1.54) is 19.3 Å². The molecule has 2 heteroatoms. The summed E-state index contributed by atoms with van der Waals surface area (Å²) in [4.78, 5) is 2.29. The predicted octanol–water partition coefficient (Wildman–Crippen LogP) is 1.86. The molecule has 1 atom stereocenters. The van der Waals surface area contributed by atoms with Gasteiger partial charge in [0.05, 0.1) is 5.84 Å². The highest BCUT2D eigenvalue weighted by Crippen LogP contribution is 2.36. The molecule has 2 rings (SSSR count). The van der Waals surface area contributed by atoms with E-state index in [4.69, 9.17) is 5.41 Å². The van der Waals surface area contributed by atoms with Gasteiger partial charge in [0.25, 0.3) is 0 Å². The molecule has 1 aliphatic carbocycles. The molecular weight excluding hydrogens is 136 g/mol. The Hall–Kier alpha value is -0.530. The first-order chi connectivity index (χ1) is 5.29. The van der Waals surface area contributed by atoms with Crippen molar-refractivity contribution in [1.82, 2.24) is 4.90 Å². The van der Waals surface area contributed by atoms with Crippen molar-refractivity contribution < 1.29 is 0 Å². The first kappa shape index (κ1) is 7.14. The number of hydrogen-bond acceptors (Lipinski definition) is 1. The number of nitrogens with one attached hydrogen (secondary N) is 1. The van der Waals surface area contributed by atoms with Gasteiger partial charge in [0.2, 0.25) is 0 Å². The molecular formula is C9H16N2. The van der Waals surface area contributed by atoms with Gasteiger partial charge >= 0.3 is 0 Å². The zero-order valence-electron chi connectivity index (χ0n) is 7.14. The number of likely N-dealkylation sites (tertiary alicyclic amines) is 1. The van der Waals surface area contributed by atoms with E-state index in [1.807, 2.05) is 0 Å². The minimum absolute atomic E-state index is 0.657. The van der Waals surface area contributed by atoms with Gasteiger partial charge in [-0.05, 0) is 32.1 Å². The van der Waals surface area contributed by atoms with E-state index in [2.05, 4.69) is 11.8 Å². The predicted molar refractivity (Wildman–Crippen MR) is 45.9 cm³/mol. The fourth-order valence-electron chi connectivity index (χ4n) is 1.98. The summed E-state index contributed by atoms with van der Waals surface area (Å²) in [5.74, 6) is 1.79. The van der Waals surface area contributed by atoms with Crippen molar-refractivity contribution in [2.75, 3.05) is 6.54 Å². The standard InChI is InChI=1S/C9H16N2/c1-7(8-4-5-8)11-6-2-3-9(11)10/h7-8,10H,2-6H2,1H3. The Bertz CT molecular complexity index is 172. The van der Waals surface area contributed by atoms with Gasteiger partial charge in [0.15, 0.2) is 0 Å². The average Bonchev–Trinajstić information content (AvgIpc) is 2.74. The molecule has 0 bridgehead atoms. The van der Waals surface area contributed by atoms with Crippen molar-refractivity contribution in [3.05, 3.63) is 0 Å². The minimum atomic E-state index is 0.657. The number of rotatable bonds is 2. The highest BCUT2D eigenvalue weighted by atomic mass is 15.2. The van der Waals surface area contributed by atoms with E-state index in [9.17, 15) is 0 Å².